The zero-order valence-electron chi connectivity index (χ0n) is 19.9. The summed E-state index contributed by atoms with van der Waals surface area (Å²) in [5.74, 6) is -5.45. The van der Waals surface area contributed by atoms with Gasteiger partial charge in [-0.25, -0.2) is 8.78 Å². The van der Waals surface area contributed by atoms with E-state index < -0.39 is 41.8 Å². The number of cyclic esters (lactones) is 1. The Balaban J connectivity index is 1.44. The summed E-state index contributed by atoms with van der Waals surface area (Å²) in [4.78, 5) is 17.5. The molecule has 1 aromatic heterocycles. The van der Waals surface area contributed by atoms with Crippen molar-refractivity contribution in [3.05, 3.63) is 59.9 Å². The molecule has 2 aromatic rings. The molecular weight excluding hydrogens is 448 g/mol. The van der Waals surface area contributed by atoms with Gasteiger partial charge >= 0.3 is 5.97 Å². The maximum absolute atomic E-state index is 15.3. The maximum atomic E-state index is 15.3. The van der Waals surface area contributed by atoms with Crippen molar-refractivity contribution in [1.29, 1.82) is 5.26 Å². The van der Waals surface area contributed by atoms with Gasteiger partial charge in [0.2, 0.25) is 0 Å². The number of benzene rings is 1. The SMILES string of the molecule is C[C@H]1OC(=O)[C@]2(NC3CCC3)CC(F)(F)[C@@H](C)[C@H](/C=C/c3ccc(-c4ccccc4C#N)cn3)C12. The fourth-order valence-corrected chi connectivity index (χ4v) is 5.96. The van der Waals surface area contributed by atoms with Gasteiger partial charge in [0, 0.05) is 41.6 Å². The first-order valence-electron chi connectivity index (χ1n) is 12.3. The largest absolute Gasteiger partial charge is 0.461 e. The van der Waals surface area contributed by atoms with E-state index in [9.17, 15) is 10.1 Å². The number of aromatic nitrogens is 1. The van der Waals surface area contributed by atoms with E-state index in [4.69, 9.17) is 4.74 Å². The van der Waals surface area contributed by atoms with E-state index >= 15 is 8.78 Å². The van der Waals surface area contributed by atoms with Crippen LogP contribution >= 0.6 is 0 Å². The second-order valence-corrected chi connectivity index (χ2v) is 10.2. The van der Waals surface area contributed by atoms with Crippen LogP contribution in [0.2, 0.25) is 0 Å². The fraction of sp³-hybridized carbons (Fsp3) is 0.464. The Kier molecular flexibility index (Phi) is 5.96. The molecule has 1 aromatic carbocycles. The number of hydrogen-bond acceptors (Lipinski definition) is 5. The first-order valence-corrected chi connectivity index (χ1v) is 12.3. The van der Waals surface area contributed by atoms with Crippen molar-refractivity contribution in [3.63, 3.8) is 0 Å². The first-order chi connectivity index (χ1) is 16.7. The van der Waals surface area contributed by atoms with Crippen LogP contribution in [0.1, 0.15) is 50.8 Å². The molecule has 1 unspecified atom stereocenters. The molecule has 5 nitrogen and oxygen atoms in total. The van der Waals surface area contributed by atoms with Gasteiger partial charge < -0.3 is 4.74 Å². The molecule has 0 amide bonds. The van der Waals surface area contributed by atoms with Crippen LogP contribution < -0.4 is 5.32 Å². The van der Waals surface area contributed by atoms with Gasteiger partial charge in [-0.2, -0.15) is 5.26 Å². The Bertz CT molecular complexity index is 1190. The van der Waals surface area contributed by atoms with E-state index in [0.717, 1.165) is 30.4 Å². The summed E-state index contributed by atoms with van der Waals surface area (Å²) in [6, 6.07) is 13.2. The Hall–Kier alpha value is -3.11. The predicted molar refractivity (Wildman–Crippen MR) is 128 cm³/mol. The third kappa shape index (κ3) is 4.04. The van der Waals surface area contributed by atoms with Crippen molar-refractivity contribution < 1.29 is 18.3 Å². The van der Waals surface area contributed by atoms with Crippen molar-refractivity contribution in [1.82, 2.24) is 10.3 Å². The fourth-order valence-electron chi connectivity index (χ4n) is 5.96. The van der Waals surface area contributed by atoms with Crippen molar-refractivity contribution in [2.45, 2.75) is 63.1 Å². The Morgan fingerprint density at radius 1 is 1.20 bits per heavy atom. The topological polar surface area (TPSA) is 75.0 Å². The molecule has 5 atom stereocenters. The zero-order chi connectivity index (χ0) is 24.8. The number of ether oxygens (including phenoxy) is 1. The Labute approximate surface area is 204 Å². The van der Waals surface area contributed by atoms with Crippen LogP contribution in [0, 0.1) is 29.1 Å². The van der Waals surface area contributed by atoms with Crippen LogP contribution in [0.15, 0.2) is 48.7 Å². The van der Waals surface area contributed by atoms with Gasteiger partial charge in [-0.05, 0) is 43.9 Å². The van der Waals surface area contributed by atoms with Crippen LogP contribution in [0.3, 0.4) is 0 Å². The lowest BCUT2D eigenvalue weighted by atomic mass is 9.60. The molecule has 2 aliphatic carbocycles. The van der Waals surface area contributed by atoms with E-state index in [1.165, 1.54) is 0 Å². The quantitative estimate of drug-likeness (QED) is 0.587. The number of carbonyl (C=O) groups is 1. The number of carbonyl (C=O) groups excluding carboxylic acids is 1. The number of alkyl halides is 2. The molecular formula is C28H29F2N3O2. The lowest BCUT2D eigenvalue weighted by molar-refractivity contribution is -0.161. The van der Waals surface area contributed by atoms with Crippen LogP contribution in [-0.2, 0) is 9.53 Å². The van der Waals surface area contributed by atoms with Crippen LogP contribution in [0.5, 0.6) is 0 Å². The highest BCUT2D eigenvalue weighted by atomic mass is 19.3. The number of fused-ring (bicyclic) bond motifs is 1. The zero-order valence-corrected chi connectivity index (χ0v) is 19.9. The van der Waals surface area contributed by atoms with E-state index in [0.29, 0.717) is 11.3 Å². The third-order valence-corrected chi connectivity index (χ3v) is 8.11. The summed E-state index contributed by atoms with van der Waals surface area (Å²) >= 11 is 0. The van der Waals surface area contributed by atoms with E-state index in [1.807, 2.05) is 37.3 Å². The van der Waals surface area contributed by atoms with E-state index in [-0.39, 0.29) is 12.0 Å². The number of esters is 1. The monoisotopic (exact) mass is 477 g/mol. The van der Waals surface area contributed by atoms with Gasteiger partial charge in [0.05, 0.1) is 17.3 Å². The molecule has 35 heavy (non-hydrogen) atoms. The summed E-state index contributed by atoms with van der Waals surface area (Å²) in [7, 11) is 0. The second kappa shape index (κ2) is 8.83. The summed E-state index contributed by atoms with van der Waals surface area (Å²) in [6.45, 7) is 3.37. The molecule has 1 aliphatic heterocycles. The van der Waals surface area contributed by atoms with Crippen LogP contribution in [0.4, 0.5) is 8.78 Å². The van der Waals surface area contributed by atoms with Crippen molar-refractivity contribution in [2.75, 3.05) is 0 Å². The summed E-state index contributed by atoms with van der Waals surface area (Å²) in [5, 5.41) is 12.7. The number of hydrogen-bond donors (Lipinski definition) is 1. The molecule has 0 radical (unpaired) electrons. The molecule has 0 spiro atoms. The molecule has 2 heterocycles. The number of halogens is 2. The number of nitriles is 1. The standard InChI is InChI=1S/C28H29F2N3O2/c1-17-23(13-12-21-11-10-20(15-32-21)24-9-4-3-6-19(24)14-31)25-18(2)35-26(34)27(25,16-28(17,29)30)33-22-7-5-8-22/h3-4,6,9-13,15,17-18,22-23,25,33H,5,7-8,16H2,1-2H3/b13-12+/t17-,18+,23-,25?,27-/m0/s1. The van der Waals surface area contributed by atoms with Crippen molar-refractivity contribution in [2.24, 2.45) is 17.8 Å². The van der Waals surface area contributed by atoms with Crippen molar-refractivity contribution >= 4 is 12.0 Å². The van der Waals surface area contributed by atoms with E-state index in [1.54, 1.807) is 31.3 Å². The normalized spacial score (nSPS) is 32.0. The number of nitrogens with one attached hydrogen (secondary N) is 1. The van der Waals surface area contributed by atoms with Crippen molar-refractivity contribution in [3.8, 4) is 17.2 Å². The minimum atomic E-state index is -3.01. The van der Waals surface area contributed by atoms with Gasteiger partial charge in [0.15, 0.2) is 0 Å². The lowest BCUT2D eigenvalue weighted by Crippen LogP contribution is -2.67. The number of allylic oxidation sites excluding steroid dienone is 1. The molecule has 182 valence electrons. The molecule has 2 saturated carbocycles. The van der Waals surface area contributed by atoms with E-state index in [2.05, 4.69) is 16.4 Å². The Morgan fingerprint density at radius 3 is 2.63 bits per heavy atom. The highest BCUT2D eigenvalue weighted by molar-refractivity contribution is 5.84. The smallest absolute Gasteiger partial charge is 0.327 e. The molecule has 1 saturated heterocycles. The average Bonchev–Trinajstić information content (AvgIpc) is 3.05. The summed E-state index contributed by atoms with van der Waals surface area (Å²) in [5.41, 5.74) is 1.42. The first kappa shape index (κ1) is 23.6. The minimum absolute atomic E-state index is 0.0784. The van der Waals surface area contributed by atoms with Crippen LogP contribution in [-0.4, -0.2) is 34.6 Å². The van der Waals surface area contributed by atoms with Crippen LogP contribution in [0.25, 0.3) is 17.2 Å². The number of nitrogens with zero attached hydrogens (tertiary/aromatic N) is 2. The summed E-state index contributed by atoms with van der Waals surface area (Å²) < 4.78 is 36.2. The maximum Gasteiger partial charge on any atom is 0.327 e. The van der Waals surface area contributed by atoms with Gasteiger partial charge in [-0.1, -0.05) is 43.7 Å². The number of pyridine rings is 1. The molecule has 5 rings (SSSR count). The van der Waals surface area contributed by atoms with Gasteiger partial charge in [-0.3, -0.25) is 15.1 Å². The minimum Gasteiger partial charge on any atom is -0.461 e. The van der Waals surface area contributed by atoms with Gasteiger partial charge in [-0.15, -0.1) is 0 Å². The molecule has 1 N–H and O–H groups in total. The van der Waals surface area contributed by atoms with Gasteiger partial charge in [0.1, 0.15) is 11.6 Å². The molecule has 7 heteroatoms. The highest BCUT2D eigenvalue weighted by Crippen LogP contribution is 2.55. The predicted octanol–water partition coefficient (Wildman–Crippen LogP) is 5.37. The summed E-state index contributed by atoms with van der Waals surface area (Å²) in [6.07, 6.45) is 7.06. The molecule has 3 fully saturated rings. The highest BCUT2D eigenvalue weighted by Gasteiger charge is 2.68. The molecule has 0 bridgehead atoms. The third-order valence-electron chi connectivity index (χ3n) is 8.11. The lowest BCUT2D eigenvalue weighted by Gasteiger charge is -2.50. The molecule has 3 aliphatic rings. The second-order valence-electron chi connectivity index (χ2n) is 10.2. The Morgan fingerprint density at radius 2 is 1.97 bits per heavy atom. The number of rotatable bonds is 5. The van der Waals surface area contributed by atoms with Gasteiger partial charge in [0.25, 0.3) is 5.92 Å². The average molecular weight is 478 g/mol.